The van der Waals surface area contributed by atoms with Crippen molar-refractivity contribution in [2.75, 3.05) is 0 Å². The zero-order valence-electron chi connectivity index (χ0n) is 2.99. The second-order valence-electron chi connectivity index (χ2n) is 0.701. The molecule has 2 heteroatoms. The van der Waals surface area contributed by atoms with Gasteiger partial charge in [-0.1, -0.05) is 0 Å². The minimum atomic E-state index is -0.0787. The van der Waals surface area contributed by atoms with Crippen LogP contribution in [0.3, 0.4) is 0 Å². The van der Waals surface area contributed by atoms with Crippen LogP contribution in [-0.2, 0) is 4.79 Å². The smallest absolute Gasteiger partial charge is 0.169 e. The molecule has 0 rings (SSSR count). The third kappa shape index (κ3) is 3.45. The first-order valence-electron chi connectivity index (χ1n) is 1.24. The summed E-state index contributed by atoms with van der Waals surface area (Å²) in [5, 5.41) is -0.0787. The number of rotatable bonds is 0. The molecule has 0 radical (unpaired) electrons. The highest BCUT2D eigenvalue weighted by Crippen LogP contribution is 1.43. The van der Waals surface area contributed by atoms with E-state index in [1.54, 1.807) is 0 Å². The average Bonchev–Trinajstić information content (AvgIpc) is 1.38. The quantitative estimate of drug-likeness (QED) is 0.258. The summed E-state index contributed by atoms with van der Waals surface area (Å²) in [5.74, 6) is 1.95. The van der Waals surface area contributed by atoms with Gasteiger partial charge in [0.2, 0.25) is 0 Å². The Kier molecular flexibility index (Phi) is 1.54. The van der Waals surface area contributed by atoms with Crippen molar-refractivity contribution < 1.29 is 4.79 Å². The van der Waals surface area contributed by atoms with Crippen molar-refractivity contribution in [1.82, 2.24) is 0 Å². The second-order valence-corrected chi connectivity index (χ2v) is 1.61. The van der Waals surface area contributed by atoms with E-state index in [4.69, 9.17) is 0 Å². The summed E-state index contributed by atoms with van der Waals surface area (Å²) in [7, 11) is 0.495. The van der Waals surface area contributed by atoms with Gasteiger partial charge in [-0.25, -0.2) is 0 Å². The van der Waals surface area contributed by atoms with Crippen LogP contribution < -0.4 is 0 Å². The molecule has 0 aliphatic carbocycles. The molecule has 0 aromatic heterocycles. The zero-order chi connectivity index (χ0) is 4.28. The summed E-state index contributed by atoms with van der Waals surface area (Å²) in [6.07, 6.45) is 4.61. The van der Waals surface area contributed by atoms with Crippen LogP contribution in [0.25, 0.3) is 0 Å². The molecule has 0 aliphatic heterocycles. The monoisotopic (exact) mass is 84.0 g/mol. The maximum atomic E-state index is 9.64. The van der Waals surface area contributed by atoms with Crippen LogP contribution in [0.15, 0.2) is 0 Å². The number of carbonyl (C=O) groups is 1. The van der Waals surface area contributed by atoms with Crippen molar-refractivity contribution in [1.29, 1.82) is 0 Å². The van der Waals surface area contributed by atoms with Gasteiger partial charge in [0.05, 0.1) is 0 Å². The van der Waals surface area contributed by atoms with Crippen molar-refractivity contribution in [3.05, 3.63) is 0 Å². The molecule has 0 aromatic rings. The zero-order valence-corrected chi connectivity index (χ0v) is 4.99. The predicted molar refractivity (Wildman–Crippen MR) is 23.8 cm³/mol. The molecular formula is C3H4OSi. The van der Waals surface area contributed by atoms with Crippen molar-refractivity contribution in [2.45, 2.75) is 0 Å². The standard InChI is InChI=1S/C3H4OSi/c1-2-3(4)5/h1H,5H3. The summed E-state index contributed by atoms with van der Waals surface area (Å²) in [6.45, 7) is 0. The Morgan fingerprint density at radius 2 is 2.20 bits per heavy atom. The molecule has 0 fully saturated rings. The van der Waals surface area contributed by atoms with Crippen LogP contribution in [0.5, 0.6) is 0 Å². The normalized spacial score (nSPS) is 6.20. The van der Waals surface area contributed by atoms with Crippen LogP contribution in [0.1, 0.15) is 0 Å². The van der Waals surface area contributed by atoms with E-state index in [9.17, 15) is 4.79 Å². The van der Waals surface area contributed by atoms with E-state index in [0.29, 0.717) is 10.2 Å². The number of carbonyl (C=O) groups excluding carboxylic acids is 1. The number of hydrogen-bond acceptors (Lipinski definition) is 1. The minimum absolute atomic E-state index is 0.0787. The van der Waals surface area contributed by atoms with Crippen LogP contribution in [0.2, 0.25) is 0 Å². The largest absolute Gasteiger partial charge is 0.292 e. The summed E-state index contributed by atoms with van der Waals surface area (Å²) in [6, 6.07) is 0. The lowest BCUT2D eigenvalue weighted by atomic mass is 10.8. The number of hydrogen-bond donors (Lipinski definition) is 0. The van der Waals surface area contributed by atoms with E-state index in [-0.39, 0.29) is 5.41 Å². The SMILES string of the molecule is C#CC(=O)[SiH3]. The fourth-order valence-corrected chi connectivity index (χ4v) is 0. The van der Waals surface area contributed by atoms with Gasteiger partial charge < -0.3 is 0 Å². The molecule has 0 N–H and O–H groups in total. The van der Waals surface area contributed by atoms with Crippen molar-refractivity contribution in [3.8, 4) is 12.3 Å². The third-order valence-corrected chi connectivity index (χ3v) is 0.492. The van der Waals surface area contributed by atoms with Crippen LogP contribution in [-0.4, -0.2) is 15.6 Å². The first kappa shape index (κ1) is 4.45. The molecule has 0 aromatic carbocycles. The summed E-state index contributed by atoms with van der Waals surface area (Å²) in [5.41, 5.74) is 0. The molecular weight excluding hydrogens is 80.1 g/mol. The molecule has 0 saturated heterocycles. The molecule has 0 saturated carbocycles. The maximum absolute atomic E-state index is 9.64. The van der Waals surface area contributed by atoms with E-state index in [1.165, 1.54) is 0 Å². The molecule has 1 nitrogen and oxygen atoms in total. The molecule has 0 heterocycles. The first-order valence-corrected chi connectivity index (χ1v) is 2.24. The fraction of sp³-hybridized carbons (Fsp3) is 0. The summed E-state index contributed by atoms with van der Waals surface area (Å²) >= 11 is 0. The Balaban J connectivity index is 3.35. The molecule has 0 bridgehead atoms. The lowest BCUT2D eigenvalue weighted by Gasteiger charge is -1.58. The fourth-order valence-electron chi connectivity index (χ4n) is 0. The predicted octanol–water partition coefficient (Wildman–Crippen LogP) is -1.49. The van der Waals surface area contributed by atoms with Crippen molar-refractivity contribution in [2.24, 2.45) is 0 Å². The van der Waals surface area contributed by atoms with Gasteiger partial charge in [-0.2, -0.15) is 0 Å². The van der Waals surface area contributed by atoms with Crippen molar-refractivity contribution >= 4 is 15.6 Å². The van der Waals surface area contributed by atoms with Gasteiger partial charge >= 0.3 is 0 Å². The highest BCUT2D eigenvalue weighted by Gasteiger charge is 1.70. The van der Waals surface area contributed by atoms with Gasteiger partial charge in [0.15, 0.2) is 5.41 Å². The van der Waals surface area contributed by atoms with Crippen LogP contribution in [0, 0.1) is 12.3 Å². The molecule has 0 spiro atoms. The van der Waals surface area contributed by atoms with Crippen molar-refractivity contribution in [3.63, 3.8) is 0 Å². The topological polar surface area (TPSA) is 17.1 Å². The molecule has 0 unspecified atom stereocenters. The molecule has 26 valence electrons. The van der Waals surface area contributed by atoms with Gasteiger partial charge in [-0.3, -0.25) is 4.79 Å². The van der Waals surface area contributed by atoms with E-state index >= 15 is 0 Å². The molecule has 0 aliphatic rings. The highest BCUT2D eigenvalue weighted by atomic mass is 28.1. The van der Waals surface area contributed by atoms with Gasteiger partial charge in [-0.05, 0) is 5.92 Å². The lowest BCUT2D eigenvalue weighted by molar-refractivity contribution is -0.107. The minimum Gasteiger partial charge on any atom is -0.292 e. The van der Waals surface area contributed by atoms with Gasteiger partial charge in [0.1, 0.15) is 10.2 Å². The lowest BCUT2D eigenvalue weighted by Crippen LogP contribution is -1.85. The second kappa shape index (κ2) is 1.74. The maximum Gasteiger partial charge on any atom is 0.169 e. The van der Waals surface area contributed by atoms with Gasteiger partial charge in [-0.15, -0.1) is 6.42 Å². The van der Waals surface area contributed by atoms with Gasteiger partial charge in [0.25, 0.3) is 0 Å². The van der Waals surface area contributed by atoms with E-state index in [1.807, 2.05) is 5.92 Å². The van der Waals surface area contributed by atoms with E-state index in [2.05, 4.69) is 6.42 Å². The van der Waals surface area contributed by atoms with E-state index in [0.717, 1.165) is 0 Å². The summed E-state index contributed by atoms with van der Waals surface area (Å²) in [4.78, 5) is 9.64. The highest BCUT2D eigenvalue weighted by molar-refractivity contribution is 6.62. The molecule has 0 atom stereocenters. The summed E-state index contributed by atoms with van der Waals surface area (Å²) < 4.78 is 0. The van der Waals surface area contributed by atoms with Crippen LogP contribution in [0.4, 0.5) is 0 Å². The average molecular weight is 84.2 g/mol. The van der Waals surface area contributed by atoms with E-state index < -0.39 is 0 Å². The molecule has 5 heavy (non-hydrogen) atoms. The Bertz CT molecular complexity index is 79.4. The first-order chi connectivity index (χ1) is 2.27. The third-order valence-electron chi connectivity index (χ3n) is 0.203. The Morgan fingerprint density at radius 1 is 2.00 bits per heavy atom. The Labute approximate surface area is 33.8 Å². The Hall–Kier alpha value is -0.553. The number of terminal acetylenes is 1. The van der Waals surface area contributed by atoms with Gasteiger partial charge in [0, 0.05) is 0 Å². The molecule has 0 amide bonds. The van der Waals surface area contributed by atoms with Crippen LogP contribution >= 0.6 is 0 Å². The Morgan fingerprint density at radius 3 is 2.20 bits per heavy atom.